The summed E-state index contributed by atoms with van der Waals surface area (Å²) in [5.41, 5.74) is 3.80. The first-order valence-corrected chi connectivity index (χ1v) is 14.8. The minimum Gasteiger partial charge on any atom is -0.489 e. The number of carbonyl (C=O) groups excluding carboxylic acids is 3. The van der Waals surface area contributed by atoms with Crippen molar-refractivity contribution in [1.29, 1.82) is 0 Å². The van der Waals surface area contributed by atoms with Crippen LogP contribution >= 0.6 is 0 Å². The maximum atomic E-state index is 13.0. The van der Waals surface area contributed by atoms with Gasteiger partial charge in [0, 0.05) is 50.4 Å². The normalized spacial score (nSPS) is 23.3. The van der Waals surface area contributed by atoms with Crippen molar-refractivity contribution in [1.82, 2.24) is 20.1 Å². The molecule has 4 aliphatic rings. The van der Waals surface area contributed by atoms with E-state index < -0.39 is 11.9 Å². The van der Waals surface area contributed by atoms with E-state index in [1.54, 1.807) is 17.2 Å². The molecule has 0 radical (unpaired) electrons. The van der Waals surface area contributed by atoms with Gasteiger partial charge >= 0.3 is 0 Å². The highest BCUT2D eigenvalue weighted by Crippen LogP contribution is 2.32. The predicted octanol–water partition coefficient (Wildman–Crippen LogP) is 3.65. The number of likely N-dealkylation sites (tertiary alicyclic amines) is 1. The summed E-state index contributed by atoms with van der Waals surface area (Å²) in [6, 6.07) is 13.5. The molecule has 1 aromatic heterocycles. The Kier molecular flexibility index (Phi) is 7.25. The van der Waals surface area contributed by atoms with Crippen LogP contribution in [0, 0.1) is 0 Å². The maximum absolute atomic E-state index is 13.0. The molecule has 3 fully saturated rings. The van der Waals surface area contributed by atoms with Crippen molar-refractivity contribution in [2.75, 3.05) is 26.3 Å². The van der Waals surface area contributed by atoms with E-state index in [2.05, 4.69) is 39.5 Å². The number of hydrogen-bond donors (Lipinski definition) is 1. The monoisotopic (exact) mass is 570 g/mol. The van der Waals surface area contributed by atoms with Crippen molar-refractivity contribution in [2.24, 2.45) is 0 Å². The highest BCUT2D eigenvalue weighted by atomic mass is 16.5. The van der Waals surface area contributed by atoms with Gasteiger partial charge in [0.2, 0.25) is 17.7 Å². The second-order valence-electron chi connectivity index (χ2n) is 11.6. The lowest BCUT2D eigenvalue weighted by molar-refractivity contribution is -0.136. The minimum absolute atomic E-state index is 0.0126. The van der Waals surface area contributed by atoms with Gasteiger partial charge in [-0.2, -0.15) is 0 Å². The number of imide groups is 1. The van der Waals surface area contributed by atoms with Gasteiger partial charge in [-0.3, -0.25) is 24.6 Å². The zero-order valence-corrected chi connectivity index (χ0v) is 23.4. The van der Waals surface area contributed by atoms with Crippen LogP contribution in [0.3, 0.4) is 0 Å². The number of ether oxygens (including phenoxy) is 2. The third-order valence-electron chi connectivity index (χ3n) is 8.83. The number of piperidine rings is 1. The average molecular weight is 571 g/mol. The SMILES string of the molecule is O=C1CCC(N2Cc3cc(O[C@H]4CCN(Cc5ncc(-c6ccc(C7CCOCC7)cc6)o5)C4)ccc3C2=O)C(=O)N1. The Morgan fingerprint density at radius 1 is 1.00 bits per heavy atom. The van der Waals surface area contributed by atoms with Crippen LogP contribution in [-0.2, 0) is 27.4 Å². The lowest BCUT2D eigenvalue weighted by Crippen LogP contribution is -2.52. The molecule has 0 aliphatic carbocycles. The molecule has 7 rings (SSSR count). The van der Waals surface area contributed by atoms with E-state index in [9.17, 15) is 14.4 Å². The van der Waals surface area contributed by atoms with Crippen LogP contribution < -0.4 is 10.1 Å². The molecule has 0 spiro atoms. The number of carbonyl (C=O) groups is 3. The number of fused-ring (bicyclic) bond motifs is 1. The molecule has 218 valence electrons. The summed E-state index contributed by atoms with van der Waals surface area (Å²) in [7, 11) is 0. The van der Waals surface area contributed by atoms with Crippen LogP contribution in [0.2, 0.25) is 0 Å². The molecular weight excluding hydrogens is 536 g/mol. The van der Waals surface area contributed by atoms with Gasteiger partial charge in [-0.1, -0.05) is 24.3 Å². The van der Waals surface area contributed by atoms with Crippen molar-refractivity contribution < 1.29 is 28.3 Å². The molecular formula is C32H34N4O6. The molecule has 2 atom stereocenters. The summed E-state index contributed by atoms with van der Waals surface area (Å²) in [6.07, 6.45) is 5.41. The topological polar surface area (TPSA) is 114 Å². The standard InChI is InChI=1S/C32H34N4O6/c37-29-8-7-27(31(38)34-29)36-17-23-15-24(5-6-26(23)32(36)39)41-25-9-12-35(18-25)19-30-33-16-28(42-30)22-3-1-20(2-4-22)21-10-13-40-14-11-21/h1-6,15-16,21,25,27H,7-14,17-19H2,(H,34,37,38)/t25-,27?/m0/s1. The number of amides is 3. The third kappa shape index (κ3) is 5.44. The van der Waals surface area contributed by atoms with E-state index >= 15 is 0 Å². The lowest BCUT2D eigenvalue weighted by atomic mass is 9.91. The summed E-state index contributed by atoms with van der Waals surface area (Å²) in [6.45, 7) is 4.23. The Morgan fingerprint density at radius 3 is 2.64 bits per heavy atom. The first kappa shape index (κ1) is 26.9. The molecule has 42 heavy (non-hydrogen) atoms. The second-order valence-corrected chi connectivity index (χ2v) is 11.6. The van der Waals surface area contributed by atoms with Gasteiger partial charge in [0.15, 0.2) is 5.76 Å². The van der Waals surface area contributed by atoms with Gasteiger partial charge in [-0.25, -0.2) is 4.98 Å². The van der Waals surface area contributed by atoms with Crippen LogP contribution in [0.15, 0.2) is 53.1 Å². The third-order valence-corrected chi connectivity index (χ3v) is 8.83. The first-order valence-electron chi connectivity index (χ1n) is 14.8. The highest BCUT2D eigenvalue weighted by Gasteiger charge is 2.39. The number of rotatable bonds is 7. The molecule has 3 amide bonds. The molecule has 2 aromatic carbocycles. The van der Waals surface area contributed by atoms with Crippen molar-refractivity contribution in [3.63, 3.8) is 0 Å². The van der Waals surface area contributed by atoms with Crippen LogP contribution in [0.5, 0.6) is 5.75 Å². The van der Waals surface area contributed by atoms with Crippen molar-refractivity contribution in [2.45, 2.75) is 63.3 Å². The van der Waals surface area contributed by atoms with E-state index in [0.29, 0.717) is 42.6 Å². The smallest absolute Gasteiger partial charge is 0.255 e. The fourth-order valence-electron chi connectivity index (χ4n) is 6.51. The van der Waals surface area contributed by atoms with Crippen LogP contribution in [-0.4, -0.2) is 71.0 Å². The molecule has 0 saturated carbocycles. The van der Waals surface area contributed by atoms with Crippen LogP contribution in [0.1, 0.15) is 65.4 Å². The number of benzene rings is 2. The number of aromatic nitrogens is 1. The quantitative estimate of drug-likeness (QED) is 0.429. The zero-order valence-electron chi connectivity index (χ0n) is 23.4. The van der Waals surface area contributed by atoms with Crippen molar-refractivity contribution in [3.8, 4) is 17.1 Å². The van der Waals surface area contributed by atoms with E-state index in [4.69, 9.17) is 13.9 Å². The van der Waals surface area contributed by atoms with Gasteiger partial charge in [0.1, 0.15) is 17.9 Å². The van der Waals surface area contributed by atoms with E-state index in [1.807, 2.05) is 12.1 Å². The van der Waals surface area contributed by atoms with Gasteiger partial charge in [-0.05, 0) is 60.9 Å². The molecule has 10 nitrogen and oxygen atoms in total. The Morgan fingerprint density at radius 2 is 1.83 bits per heavy atom. The zero-order chi connectivity index (χ0) is 28.6. The molecule has 3 saturated heterocycles. The molecule has 3 aromatic rings. The summed E-state index contributed by atoms with van der Waals surface area (Å²) in [5, 5.41) is 2.34. The number of hydrogen-bond acceptors (Lipinski definition) is 8. The van der Waals surface area contributed by atoms with Crippen LogP contribution in [0.4, 0.5) is 0 Å². The van der Waals surface area contributed by atoms with Crippen molar-refractivity contribution in [3.05, 3.63) is 71.2 Å². The number of oxazole rings is 1. The van der Waals surface area contributed by atoms with E-state index in [-0.39, 0.29) is 24.3 Å². The molecule has 4 aliphatic heterocycles. The minimum atomic E-state index is -0.623. The van der Waals surface area contributed by atoms with E-state index in [0.717, 1.165) is 62.5 Å². The van der Waals surface area contributed by atoms with Gasteiger partial charge in [-0.15, -0.1) is 0 Å². The molecule has 1 unspecified atom stereocenters. The van der Waals surface area contributed by atoms with Gasteiger partial charge < -0.3 is 18.8 Å². The fourth-order valence-corrected chi connectivity index (χ4v) is 6.51. The number of nitrogens with one attached hydrogen (secondary N) is 1. The lowest BCUT2D eigenvalue weighted by Gasteiger charge is -2.29. The van der Waals surface area contributed by atoms with Gasteiger partial charge in [0.25, 0.3) is 5.91 Å². The summed E-state index contributed by atoms with van der Waals surface area (Å²) in [4.78, 5) is 45.2. The highest BCUT2D eigenvalue weighted by molar-refractivity contribution is 6.05. The fraction of sp³-hybridized carbons (Fsp3) is 0.438. The Bertz CT molecular complexity index is 1490. The number of nitrogens with zero attached hydrogens (tertiary/aromatic N) is 3. The maximum Gasteiger partial charge on any atom is 0.255 e. The van der Waals surface area contributed by atoms with Crippen LogP contribution in [0.25, 0.3) is 11.3 Å². The summed E-state index contributed by atoms with van der Waals surface area (Å²) >= 11 is 0. The molecule has 5 heterocycles. The van der Waals surface area contributed by atoms with Gasteiger partial charge in [0.05, 0.1) is 12.7 Å². The predicted molar refractivity (Wildman–Crippen MR) is 152 cm³/mol. The summed E-state index contributed by atoms with van der Waals surface area (Å²) in [5.74, 6) is 1.85. The molecule has 1 N–H and O–H groups in total. The Labute approximate surface area is 244 Å². The largest absolute Gasteiger partial charge is 0.489 e. The average Bonchev–Trinajstić information content (AvgIpc) is 3.73. The molecule has 0 bridgehead atoms. The van der Waals surface area contributed by atoms with E-state index in [1.165, 1.54) is 5.56 Å². The Balaban J connectivity index is 0.931. The summed E-state index contributed by atoms with van der Waals surface area (Å²) < 4.78 is 17.9. The Hall–Kier alpha value is -4.02. The second kappa shape index (κ2) is 11.3. The first-order chi connectivity index (χ1) is 20.5. The molecule has 10 heteroatoms. The van der Waals surface area contributed by atoms with Crippen molar-refractivity contribution >= 4 is 17.7 Å².